The topological polar surface area (TPSA) is 21.3 Å². The molecule has 1 heterocycles. The SMILES string of the molecule is CCNC1CC(c2ccc(Cl)cc2)Oc2ccc(Cl)cc21. The van der Waals surface area contributed by atoms with Gasteiger partial charge in [-0.05, 0) is 42.4 Å². The van der Waals surface area contributed by atoms with Crippen molar-refractivity contribution in [1.29, 1.82) is 0 Å². The standard InChI is InChI=1S/C17H17Cl2NO/c1-2-20-15-10-17(11-3-5-12(18)6-4-11)21-16-8-7-13(19)9-14(15)16/h3-9,15,17,20H,2,10H2,1H3. The number of hydrogen-bond donors (Lipinski definition) is 1. The smallest absolute Gasteiger partial charge is 0.126 e. The van der Waals surface area contributed by atoms with Crippen molar-refractivity contribution in [1.82, 2.24) is 5.32 Å². The Bertz CT molecular complexity index is 627. The van der Waals surface area contributed by atoms with E-state index < -0.39 is 0 Å². The normalized spacial score (nSPS) is 20.7. The summed E-state index contributed by atoms with van der Waals surface area (Å²) in [4.78, 5) is 0. The molecule has 0 spiro atoms. The van der Waals surface area contributed by atoms with Crippen molar-refractivity contribution in [2.45, 2.75) is 25.5 Å². The quantitative estimate of drug-likeness (QED) is 0.842. The van der Waals surface area contributed by atoms with Crippen molar-refractivity contribution in [3.8, 4) is 5.75 Å². The highest BCUT2D eigenvalue weighted by molar-refractivity contribution is 6.30. The molecule has 110 valence electrons. The van der Waals surface area contributed by atoms with Crippen LogP contribution < -0.4 is 10.1 Å². The number of rotatable bonds is 3. The largest absolute Gasteiger partial charge is 0.485 e. The van der Waals surface area contributed by atoms with E-state index in [4.69, 9.17) is 27.9 Å². The third kappa shape index (κ3) is 3.18. The molecule has 0 fully saturated rings. The lowest BCUT2D eigenvalue weighted by molar-refractivity contribution is 0.152. The third-order valence-electron chi connectivity index (χ3n) is 3.76. The Morgan fingerprint density at radius 2 is 1.81 bits per heavy atom. The van der Waals surface area contributed by atoms with Gasteiger partial charge in [-0.25, -0.2) is 0 Å². The Morgan fingerprint density at radius 3 is 2.52 bits per heavy atom. The Balaban J connectivity index is 1.93. The Hall–Kier alpha value is -1.22. The van der Waals surface area contributed by atoms with E-state index in [0.717, 1.165) is 39.9 Å². The summed E-state index contributed by atoms with van der Waals surface area (Å²) in [6.45, 7) is 3.01. The summed E-state index contributed by atoms with van der Waals surface area (Å²) in [7, 11) is 0. The molecule has 2 aromatic rings. The first-order valence-corrected chi connectivity index (χ1v) is 7.88. The van der Waals surface area contributed by atoms with Crippen LogP contribution in [-0.4, -0.2) is 6.54 Å². The second kappa shape index (κ2) is 6.27. The number of hydrogen-bond acceptors (Lipinski definition) is 2. The number of fused-ring (bicyclic) bond motifs is 1. The maximum Gasteiger partial charge on any atom is 0.126 e. The molecular formula is C17H17Cl2NO. The molecule has 4 heteroatoms. The van der Waals surface area contributed by atoms with Gasteiger partial charge in [0.25, 0.3) is 0 Å². The summed E-state index contributed by atoms with van der Waals surface area (Å²) in [5.41, 5.74) is 2.28. The van der Waals surface area contributed by atoms with Crippen molar-refractivity contribution in [3.05, 3.63) is 63.6 Å². The molecule has 1 N–H and O–H groups in total. The minimum atomic E-state index is 0.0278. The van der Waals surface area contributed by atoms with Crippen LogP contribution in [0.25, 0.3) is 0 Å². The van der Waals surface area contributed by atoms with Crippen molar-refractivity contribution in [2.24, 2.45) is 0 Å². The lowest BCUT2D eigenvalue weighted by Crippen LogP contribution is -2.29. The van der Waals surface area contributed by atoms with E-state index >= 15 is 0 Å². The van der Waals surface area contributed by atoms with Gasteiger partial charge in [0.15, 0.2) is 0 Å². The molecule has 0 aromatic heterocycles. The summed E-state index contributed by atoms with van der Waals surface area (Å²) < 4.78 is 6.15. The van der Waals surface area contributed by atoms with Crippen LogP contribution >= 0.6 is 23.2 Å². The Labute approximate surface area is 135 Å². The highest BCUT2D eigenvalue weighted by Gasteiger charge is 2.28. The molecule has 2 aromatic carbocycles. The second-order valence-electron chi connectivity index (χ2n) is 5.19. The maximum absolute atomic E-state index is 6.15. The molecule has 1 aliphatic rings. The zero-order chi connectivity index (χ0) is 14.8. The molecule has 0 bridgehead atoms. The molecule has 2 unspecified atom stereocenters. The van der Waals surface area contributed by atoms with Gasteiger partial charge in [-0.2, -0.15) is 0 Å². The Kier molecular flexibility index (Phi) is 4.39. The first-order chi connectivity index (χ1) is 10.2. The fourth-order valence-corrected chi connectivity index (χ4v) is 3.07. The van der Waals surface area contributed by atoms with Gasteiger partial charge in [-0.15, -0.1) is 0 Å². The summed E-state index contributed by atoms with van der Waals surface area (Å²) in [5, 5.41) is 5.00. The molecule has 2 atom stereocenters. The number of benzene rings is 2. The van der Waals surface area contributed by atoms with Gasteiger partial charge in [-0.1, -0.05) is 42.3 Å². The maximum atomic E-state index is 6.15. The van der Waals surface area contributed by atoms with Crippen LogP contribution in [0.5, 0.6) is 5.75 Å². The molecule has 0 radical (unpaired) electrons. The lowest BCUT2D eigenvalue weighted by Gasteiger charge is -2.33. The fraction of sp³-hybridized carbons (Fsp3) is 0.294. The molecule has 0 saturated heterocycles. The van der Waals surface area contributed by atoms with Crippen LogP contribution in [0.4, 0.5) is 0 Å². The number of ether oxygens (including phenoxy) is 1. The van der Waals surface area contributed by atoms with E-state index in [1.165, 1.54) is 0 Å². The number of halogens is 2. The third-order valence-corrected chi connectivity index (χ3v) is 4.25. The monoisotopic (exact) mass is 321 g/mol. The fourth-order valence-electron chi connectivity index (χ4n) is 2.76. The molecule has 0 amide bonds. The first kappa shape index (κ1) is 14.7. The summed E-state index contributed by atoms with van der Waals surface area (Å²) >= 11 is 12.1. The molecular weight excluding hydrogens is 305 g/mol. The molecule has 3 rings (SSSR count). The van der Waals surface area contributed by atoms with E-state index in [0.29, 0.717) is 0 Å². The molecule has 0 aliphatic carbocycles. The van der Waals surface area contributed by atoms with E-state index in [1.807, 2.05) is 42.5 Å². The van der Waals surface area contributed by atoms with Gasteiger partial charge in [0.2, 0.25) is 0 Å². The van der Waals surface area contributed by atoms with Gasteiger partial charge < -0.3 is 10.1 Å². The zero-order valence-corrected chi connectivity index (χ0v) is 13.3. The lowest BCUT2D eigenvalue weighted by atomic mass is 9.93. The Morgan fingerprint density at radius 1 is 1.10 bits per heavy atom. The highest BCUT2D eigenvalue weighted by Crippen LogP contribution is 2.41. The average molecular weight is 322 g/mol. The van der Waals surface area contributed by atoms with Crippen molar-refractivity contribution < 1.29 is 4.74 Å². The van der Waals surface area contributed by atoms with Crippen LogP contribution in [0.3, 0.4) is 0 Å². The summed E-state index contributed by atoms with van der Waals surface area (Å²) in [6.07, 6.45) is 0.906. The van der Waals surface area contributed by atoms with Crippen LogP contribution in [-0.2, 0) is 0 Å². The van der Waals surface area contributed by atoms with Gasteiger partial charge in [0.1, 0.15) is 11.9 Å². The molecule has 21 heavy (non-hydrogen) atoms. The molecule has 0 saturated carbocycles. The van der Waals surface area contributed by atoms with Gasteiger partial charge in [0.05, 0.1) is 0 Å². The van der Waals surface area contributed by atoms with Gasteiger partial charge in [0, 0.05) is 28.1 Å². The minimum Gasteiger partial charge on any atom is -0.485 e. The highest BCUT2D eigenvalue weighted by atomic mass is 35.5. The summed E-state index contributed by atoms with van der Waals surface area (Å²) in [6, 6.07) is 13.9. The van der Waals surface area contributed by atoms with E-state index in [9.17, 15) is 0 Å². The van der Waals surface area contributed by atoms with Crippen LogP contribution in [0, 0.1) is 0 Å². The second-order valence-corrected chi connectivity index (χ2v) is 6.06. The summed E-state index contributed by atoms with van der Waals surface area (Å²) in [5.74, 6) is 0.900. The van der Waals surface area contributed by atoms with E-state index in [1.54, 1.807) is 0 Å². The molecule has 1 aliphatic heterocycles. The number of nitrogens with one attached hydrogen (secondary N) is 1. The average Bonchev–Trinajstić information content (AvgIpc) is 2.48. The minimum absolute atomic E-state index is 0.0278. The molecule has 2 nitrogen and oxygen atoms in total. The van der Waals surface area contributed by atoms with Crippen molar-refractivity contribution in [2.75, 3.05) is 6.54 Å². The van der Waals surface area contributed by atoms with Crippen LogP contribution in [0.2, 0.25) is 10.0 Å². The van der Waals surface area contributed by atoms with Crippen molar-refractivity contribution >= 4 is 23.2 Å². The predicted octanol–water partition coefficient (Wildman–Crippen LogP) is 5.17. The van der Waals surface area contributed by atoms with Crippen LogP contribution in [0.15, 0.2) is 42.5 Å². The van der Waals surface area contributed by atoms with Gasteiger partial charge >= 0.3 is 0 Å². The van der Waals surface area contributed by atoms with Crippen molar-refractivity contribution in [3.63, 3.8) is 0 Å². The van der Waals surface area contributed by atoms with E-state index in [2.05, 4.69) is 12.2 Å². The van der Waals surface area contributed by atoms with Crippen LogP contribution in [0.1, 0.15) is 36.6 Å². The first-order valence-electron chi connectivity index (χ1n) is 7.12. The zero-order valence-electron chi connectivity index (χ0n) is 11.8. The van der Waals surface area contributed by atoms with Gasteiger partial charge in [-0.3, -0.25) is 0 Å². The van der Waals surface area contributed by atoms with E-state index in [-0.39, 0.29) is 12.1 Å². The predicted molar refractivity (Wildman–Crippen MR) is 87.3 cm³/mol.